The average Bonchev–Trinajstić information content (AvgIpc) is 2.64. The second-order valence-corrected chi connectivity index (χ2v) is 7.38. The van der Waals surface area contributed by atoms with Gasteiger partial charge in [0.25, 0.3) is 5.91 Å². The van der Waals surface area contributed by atoms with E-state index in [9.17, 15) is 4.79 Å². The van der Waals surface area contributed by atoms with Gasteiger partial charge in [0.15, 0.2) is 0 Å². The summed E-state index contributed by atoms with van der Waals surface area (Å²) < 4.78 is 6.04. The maximum absolute atomic E-state index is 12.5. The molecule has 132 valence electrons. The van der Waals surface area contributed by atoms with Gasteiger partial charge in [-0.25, -0.2) is 0 Å². The number of anilines is 1. The molecule has 1 saturated heterocycles. The second kappa shape index (κ2) is 8.11. The van der Waals surface area contributed by atoms with Crippen molar-refractivity contribution >= 4 is 39.1 Å². The maximum atomic E-state index is 12.5. The fourth-order valence-corrected chi connectivity index (χ4v) is 3.57. The molecule has 1 amide bonds. The molecule has 0 atom stereocenters. The van der Waals surface area contributed by atoms with Crippen LogP contribution >= 0.6 is 27.5 Å². The Morgan fingerprint density at radius 3 is 2.52 bits per heavy atom. The van der Waals surface area contributed by atoms with Gasteiger partial charge in [-0.3, -0.25) is 4.79 Å². The number of carbonyl (C=O) groups excluding carboxylic acids is 1. The Hall–Kier alpha value is -1.72. The number of carbonyl (C=O) groups is 1. The van der Waals surface area contributed by atoms with E-state index < -0.39 is 0 Å². The predicted molar refractivity (Wildman–Crippen MR) is 105 cm³/mol. The lowest BCUT2D eigenvalue weighted by molar-refractivity contribution is 0.0931. The molecule has 4 nitrogen and oxygen atoms in total. The fraction of sp³-hybridized carbons (Fsp3) is 0.316. The highest BCUT2D eigenvalue weighted by molar-refractivity contribution is 9.10. The summed E-state index contributed by atoms with van der Waals surface area (Å²) in [6, 6.07) is 13.6. The first-order valence-corrected chi connectivity index (χ1v) is 9.39. The van der Waals surface area contributed by atoms with Crippen LogP contribution in [0, 0.1) is 0 Å². The minimum atomic E-state index is -0.116. The summed E-state index contributed by atoms with van der Waals surface area (Å²) in [6.07, 6.45) is 1.81. The van der Waals surface area contributed by atoms with Crippen molar-refractivity contribution in [1.82, 2.24) is 5.32 Å². The van der Waals surface area contributed by atoms with E-state index in [0.717, 1.165) is 36.2 Å². The minimum absolute atomic E-state index is 0.116. The molecule has 1 N–H and O–H groups in total. The summed E-state index contributed by atoms with van der Waals surface area (Å²) in [4.78, 5) is 14.8. The Balaban J connectivity index is 1.57. The van der Waals surface area contributed by atoms with Crippen LogP contribution in [0.3, 0.4) is 0 Å². The van der Waals surface area contributed by atoms with Crippen LogP contribution in [0.25, 0.3) is 0 Å². The van der Waals surface area contributed by atoms with Crippen LogP contribution in [0.2, 0.25) is 5.02 Å². The molecule has 1 fully saturated rings. The lowest BCUT2D eigenvalue weighted by Crippen LogP contribution is -2.44. The molecule has 0 bridgehead atoms. The van der Waals surface area contributed by atoms with Crippen LogP contribution in [0.15, 0.2) is 46.9 Å². The van der Waals surface area contributed by atoms with E-state index in [0.29, 0.717) is 10.6 Å². The molecule has 0 aliphatic carbocycles. The van der Waals surface area contributed by atoms with Gasteiger partial charge < -0.3 is 15.0 Å². The number of hydrogen-bond donors (Lipinski definition) is 1. The third-order valence-electron chi connectivity index (χ3n) is 4.44. The average molecular weight is 424 g/mol. The number of hydrogen-bond acceptors (Lipinski definition) is 3. The van der Waals surface area contributed by atoms with Gasteiger partial charge in [0, 0.05) is 29.3 Å². The molecule has 0 spiro atoms. The smallest absolute Gasteiger partial charge is 0.253 e. The van der Waals surface area contributed by atoms with Gasteiger partial charge in [0.1, 0.15) is 5.75 Å². The topological polar surface area (TPSA) is 41.6 Å². The van der Waals surface area contributed by atoms with Crippen LogP contribution in [0.4, 0.5) is 5.69 Å². The number of nitrogens with one attached hydrogen (secondary N) is 1. The molecular formula is C19H20BrClN2O2. The number of amides is 1. The first kappa shape index (κ1) is 18.1. The van der Waals surface area contributed by atoms with E-state index in [1.807, 2.05) is 18.2 Å². The zero-order chi connectivity index (χ0) is 17.8. The highest BCUT2D eigenvalue weighted by Gasteiger charge is 2.22. The molecule has 1 heterocycles. The van der Waals surface area contributed by atoms with Crippen molar-refractivity contribution in [3.05, 3.63) is 57.5 Å². The first-order valence-electron chi connectivity index (χ1n) is 8.22. The zero-order valence-electron chi connectivity index (χ0n) is 14.0. The Kier molecular flexibility index (Phi) is 5.86. The predicted octanol–water partition coefficient (Wildman–Crippen LogP) is 4.51. The van der Waals surface area contributed by atoms with Gasteiger partial charge in [-0.2, -0.15) is 0 Å². The third kappa shape index (κ3) is 4.47. The van der Waals surface area contributed by atoms with Crippen molar-refractivity contribution in [2.75, 3.05) is 25.1 Å². The second-order valence-electron chi connectivity index (χ2n) is 6.06. The van der Waals surface area contributed by atoms with Crippen LogP contribution < -0.4 is 15.0 Å². The summed E-state index contributed by atoms with van der Waals surface area (Å²) in [6.45, 7) is 1.81. The number of ether oxygens (including phenoxy) is 1. The molecule has 25 heavy (non-hydrogen) atoms. The van der Waals surface area contributed by atoms with Crippen molar-refractivity contribution in [3.63, 3.8) is 0 Å². The molecule has 2 aromatic rings. The van der Waals surface area contributed by atoms with E-state index in [-0.39, 0.29) is 11.9 Å². The van der Waals surface area contributed by atoms with Crippen molar-refractivity contribution in [3.8, 4) is 5.75 Å². The lowest BCUT2D eigenvalue weighted by atomic mass is 10.0. The Bertz CT molecular complexity index is 744. The van der Waals surface area contributed by atoms with Crippen LogP contribution in [-0.2, 0) is 0 Å². The Labute approximate surface area is 161 Å². The van der Waals surface area contributed by atoms with E-state index in [1.165, 1.54) is 5.69 Å². The summed E-state index contributed by atoms with van der Waals surface area (Å²) in [5.74, 6) is 0.742. The Morgan fingerprint density at radius 2 is 1.88 bits per heavy atom. The van der Waals surface area contributed by atoms with E-state index in [2.05, 4.69) is 38.3 Å². The van der Waals surface area contributed by atoms with E-state index >= 15 is 0 Å². The van der Waals surface area contributed by atoms with Gasteiger partial charge in [-0.15, -0.1) is 0 Å². The monoisotopic (exact) mass is 422 g/mol. The highest BCUT2D eigenvalue weighted by atomic mass is 79.9. The number of rotatable bonds is 4. The van der Waals surface area contributed by atoms with Crippen molar-refractivity contribution < 1.29 is 9.53 Å². The number of methoxy groups -OCH3 is 1. The maximum Gasteiger partial charge on any atom is 0.253 e. The third-order valence-corrected chi connectivity index (χ3v) is 5.26. The van der Waals surface area contributed by atoms with E-state index in [4.69, 9.17) is 16.3 Å². The quantitative estimate of drug-likeness (QED) is 0.787. The molecule has 1 aliphatic rings. The molecule has 2 aromatic carbocycles. The van der Waals surface area contributed by atoms with Gasteiger partial charge in [-0.05, 0) is 55.3 Å². The molecule has 6 heteroatoms. The van der Waals surface area contributed by atoms with Gasteiger partial charge in [0.2, 0.25) is 0 Å². The number of piperidine rings is 1. The zero-order valence-corrected chi connectivity index (χ0v) is 16.3. The Morgan fingerprint density at radius 1 is 1.20 bits per heavy atom. The summed E-state index contributed by atoms with van der Waals surface area (Å²) >= 11 is 9.52. The van der Waals surface area contributed by atoms with Crippen LogP contribution in [0.5, 0.6) is 5.75 Å². The normalized spacial score (nSPS) is 15.1. The lowest BCUT2D eigenvalue weighted by Gasteiger charge is -2.34. The molecule has 1 aliphatic heterocycles. The molecular weight excluding hydrogens is 404 g/mol. The minimum Gasteiger partial charge on any atom is -0.497 e. The summed E-state index contributed by atoms with van der Waals surface area (Å²) in [5, 5.41) is 3.57. The highest BCUT2D eigenvalue weighted by Crippen LogP contribution is 2.24. The van der Waals surface area contributed by atoms with Gasteiger partial charge in [0.05, 0.1) is 17.7 Å². The number of nitrogens with zero attached hydrogens (tertiary/aromatic N) is 1. The molecule has 0 saturated carbocycles. The SMILES string of the molecule is COc1ccc(N2CCC(NC(=O)c3cc(Br)ccc3Cl)CC2)cc1. The molecule has 0 aromatic heterocycles. The number of halogens is 2. The molecule has 3 rings (SSSR count). The van der Waals surface area contributed by atoms with Crippen molar-refractivity contribution in [2.24, 2.45) is 0 Å². The van der Waals surface area contributed by atoms with E-state index in [1.54, 1.807) is 19.2 Å². The standard InChI is InChI=1S/C19H20BrClN2O2/c1-25-16-5-3-15(4-6-16)23-10-8-14(9-11-23)22-19(24)17-12-13(20)2-7-18(17)21/h2-7,12,14H,8-11H2,1H3,(H,22,24). The molecule has 0 radical (unpaired) electrons. The van der Waals surface area contributed by atoms with Gasteiger partial charge in [-0.1, -0.05) is 27.5 Å². The van der Waals surface area contributed by atoms with Crippen molar-refractivity contribution in [2.45, 2.75) is 18.9 Å². The fourth-order valence-electron chi connectivity index (χ4n) is 3.01. The summed E-state index contributed by atoms with van der Waals surface area (Å²) in [5.41, 5.74) is 1.69. The van der Waals surface area contributed by atoms with Crippen LogP contribution in [-0.4, -0.2) is 32.1 Å². The molecule has 0 unspecified atom stereocenters. The van der Waals surface area contributed by atoms with Crippen LogP contribution in [0.1, 0.15) is 23.2 Å². The number of benzene rings is 2. The van der Waals surface area contributed by atoms with Crippen molar-refractivity contribution in [1.29, 1.82) is 0 Å². The largest absolute Gasteiger partial charge is 0.497 e. The first-order chi connectivity index (χ1) is 12.1. The summed E-state index contributed by atoms with van der Waals surface area (Å²) in [7, 11) is 1.67. The van der Waals surface area contributed by atoms with Gasteiger partial charge >= 0.3 is 0 Å².